The van der Waals surface area contributed by atoms with Crippen LogP contribution in [-0.2, 0) is 11.4 Å². The van der Waals surface area contributed by atoms with E-state index < -0.39 is 6.10 Å². The Morgan fingerprint density at radius 2 is 1.72 bits per heavy atom. The molecule has 1 atom stereocenters. The van der Waals surface area contributed by atoms with Crippen LogP contribution >= 0.6 is 0 Å². The fourth-order valence-corrected chi connectivity index (χ4v) is 3.10. The number of nitrogens with one attached hydrogen (secondary N) is 1. The predicted molar refractivity (Wildman–Crippen MR) is 125 cm³/mol. The number of hydrazone groups is 1. The summed E-state index contributed by atoms with van der Waals surface area (Å²) in [5.41, 5.74) is 5.26. The number of aromatic nitrogens is 1. The van der Waals surface area contributed by atoms with E-state index in [1.165, 1.54) is 0 Å². The fraction of sp³-hybridized carbons (Fsp3) is 0.115. The third-order valence-electron chi connectivity index (χ3n) is 4.80. The molecule has 6 heteroatoms. The molecule has 4 rings (SSSR count). The van der Waals surface area contributed by atoms with Crippen molar-refractivity contribution in [2.24, 2.45) is 5.10 Å². The Morgan fingerprint density at radius 3 is 2.53 bits per heavy atom. The van der Waals surface area contributed by atoms with Crippen molar-refractivity contribution in [1.29, 1.82) is 0 Å². The van der Waals surface area contributed by atoms with Crippen LogP contribution in [0.2, 0.25) is 0 Å². The molecule has 6 nitrogen and oxygen atoms in total. The van der Waals surface area contributed by atoms with Crippen LogP contribution in [0.25, 0.3) is 10.9 Å². The Bertz CT molecular complexity index is 1200. The van der Waals surface area contributed by atoms with Gasteiger partial charge in [-0.15, -0.1) is 0 Å². The van der Waals surface area contributed by atoms with Crippen molar-refractivity contribution >= 4 is 23.0 Å². The van der Waals surface area contributed by atoms with Crippen molar-refractivity contribution in [2.75, 3.05) is 0 Å². The molecule has 0 aliphatic heterocycles. The summed E-state index contributed by atoms with van der Waals surface area (Å²) >= 11 is 0. The van der Waals surface area contributed by atoms with Gasteiger partial charge in [-0.2, -0.15) is 5.10 Å². The smallest absolute Gasteiger partial charge is 0.280 e. The number of amides is 1. The second kappa shape index (κ2) is 10.2. The van der Waals surface area contributed by atoms with Crippen LogP contribution in [0.15, 0.2) is 96.2 Å². The van der Waals surface area contributed by atoms with Crippen molar-refractivity contribution in [1.82, 2.24) is 10.4 Å². The van der Waals surface area contributed by atoms with E-state index in [1.807, 2.05) is 72.8 Å². The first-order chi connectivity index (χ1) is 15.7. The number of carbonyl (C=O) groups excluding carboxylic acids is 1. The summed E-state index contributed by atoms with van der Waals surface area (Å²) in [5, 5.41) is 5.07. The third kappa shape index (κ3) is 5.49. The van der Waals surface area contributed by atoms with Crippen molar-refractivity contribution in [3.63, 3.8) is 0 Å². The molecule has 0 spiro atoms. The van der Waals surface area contributed by atoms with Crippen LogP contribution in [-0.4, -0.2) is 23.2 Å². The Morgan fingerprint density at radius 1 is 0.969 bits per heavy atom. The Balaban J connectivity index is 1.29. The lowest BCUT2D eigenvalue weighted by Crippen LogP contribution is -2.33. The van der Waals surface area contributed by atoms with Gasteiger partial charge in [0.2, 0.25) is 0 Å². The highest BCUT2D eigenvalue weighted by atomic mass is 16.5. The number of fused-ring (bicyclic) bond motifs is 1. The van der Waals surface area contributed by atoms with Gasteiger partial charge >= 0.3 is 0 Å². The molecule has 0 aliphatic carbocycles. The third-order valence-corrected chi connectivity index (χ3v) is 4.80. The molecule has 0 radical (unpaired) electrons. The number of nitrogens with zero attached hydrogens (tertiary/aromatic N) is 2. The number of hydrogen-bond donors (Lipinski definition) is 1. The normalized spacial score (nSPS) is 11.9. The van der Waals surface area contributed by atoms with Gasteiger partial charge < -0.3 is 9.47 Å². The standard InChI is InChI=1S/C26H23N3O3/c1-19(26(30)29-28-17-22-10-5-9-21-11-6-16-27-25(21)22)32-24-14-12-23(13-15-24)31-18-20-7-3-2-4-8-20/h2-17,19H,18H2,1H3,(H,29,30). The van der Waals surface area contributed by atoms with Gasteiger partial charge in [0, 0.05) is 17.1 Å². The first kappa shape index (κ1) is 21.1. The average Bonchev–Trinajstić information content (AvgIpc) is 2.84. The molecule has 0 fully saturated rings. The van der Waals surface area contributed by atoms with E-state index in [0.29, 0.717) is 12.4 Å². The van der Waals surface area contributed by atoms with Crippen LogP contribution in [0.5, 0.6) is 11.5 Å². The maximum atomic E-state index is 12.3. The Labute approximate surface area is 186 Å². The summed E-state index contributed by atoms with van der Waals surface area (Å²) in [5.74, 6) is 0.951. The predicted octanol–water partition coefficient (Wildman–Crippen LogP) is 4.73. The van der Waals surface area contributed by atoms with Crippen molar-refractivity contribution in [3.8, 4) is 11.5 Å². The van der Waals surface area contributed by atoms with E-state index in [1.54, 1.807) is 31.5 Å². The van der Waals surface area contributed by atoms with Gasteiger partial charge in [0.25, 0.3) is 5.91 Å². The first-order valence-corrected chi connectivity index (χ1v) is 10.3. The molecule has 1 heterocycles. The maximum absolute atomic E-state index is 12.3. The Kier molecular flexibility index (Phi) is 6.72. The van der Waals surface area contributed by atoms with E-state index in [2.05, 4.69) is 15.5 Å². The van der Waals surface area contributed by atoms with Gasteiger partial charge in [0.05, 0.1) is 11.7 Å². The van der Waals surface area contributed by atoms with Gasteiger partial charge in [-0.05, 0) is 42.8 Å². The summed E-state index contributed by atoms with van der Waals surface area (Å²) in [6.45, 7) is 2.16. The van der Waals surface area contributed by atoms with E-state index in [-0.39, 0.29) is 5.91 Å². The quantitative estimate of drug-likeness (QED) is 0.327. The molecule has 1 unspecified atom stereocenters. The highest BCUT2D eigenvalue weighted by molar-refractivity contribution is 5.97. The molecule has 1 aromatic heterocycles. The lowest BCUT2D eigenvalue weighted by atomic mass is 10.1. The Hall–Kier alpha value is -4.19. The molecule has 32 heavy (non-hydrogen) atoms. The van der Waals surface area contributed by atoms with Crippen LogP contribution in [0, 0.1) is 0 Å². The number of benzene rings is 3. The summed E-state index contributed by atoms with van der Waals surface area (Å²) in [7, 11) is 0. The highest BCUT2D eigenvalue weighted by Crippen LogP contribution is 2.20. The molecule has 3 aromatic carbocycles. The molecule has 0 saturated carbocycles. The van der Waals surface area contributed by atoms with Crippen LogP contribution in [0.3, 0.4) is 0 Å². The molecule has 0 bridgehead atoms. The second-order valence-corrected chi connectivity index (χ2v) is 7.16. The summed E-state index contributed by atoms with van der Waals surface area (Å²) in [6, 6.07) is 26.8. The maximum Gasteiger partial charge on any atom is 0.280 e. The lowest BCUT2D eigenvalue weighted by Gasteiger charge is -2.13. The molecule has 0 saturated heterocycles. The minimum absolute atomic E-state index is 0.348. The molecular formula is C26H23N3O3. The number of carbonyl (C=O) groups is 1. The molecule has 1 N–H and O–H groups in total. The summed E-state index contributed by atoms with van der Waals surface area (Å²) < 4.78 is 11.5. The molecule has 160 valence electrons. The van der Waals surface area contributed by atoms with Crippen LogP contribution in [0.1, 0.15) is 18.1 Å². The molecule has 1 amide bonds. The van der Waals surface area contributed by atoms with Gasteiger partial charge in [-0.25, -0.2) is 5.43 Å². The van der Waals surface area contributed by atoms with Crippen molar-refractivity contribution < 1.29 is 14.3 Å². The number of para-hydroxylation sites is 1. The van der Waals surface area contributed by atoms with Crippen molar-refractivity contribution in [2.45, 2.75) is 19.6 Å². The van der Waals surface area contributed by atoms with E-state index in [0.717, 1.165) is 27.8 Å². The number of ether oxygens (including phenoxy) is 2. The molecule has 0 aliphatic rings. The van der Waals surface area contributed by atoms with Crippen LogP contribution in [0.4, 0.5) is 0 Å². The lowest BCUT2D eigenvalue weighted by molar-refractivity contribution is -0.127. The van der Waals surface area contributed by atoms with Gasteiger partial charge in [0.15, 0.2) is 6.10 Å². The monoisotopic (exact) mass is 425 g/mol. The average molecular weight is 425 g/mol. The van der Waals surface area contributed by atoms with E-state index in [9.17, 15) is 4.79 Å². The topological polar surface area (TPSA) is 72.8 Å². The van der Waals surface area contributed by atoms with Crippen molar-refractivity contribution in [3.05, 3.63) is 102 Å². The number of rotatable bonds is 8. The van der Waals surface area contributed by atoms with Gasteiger partial charge in [-0.3, -0.25) is 9.78 Å². The minimum atomic E-state index is -0.714. The SMILES string of the molecule is CC(Oc1ccc(OCc2ccccc2)cc1)C(=O)NN=Cc1cccc2cccnc12. The van der Waals surface area contributed by atoms with Gasteiger partial charge in [0.1, 0.15) is 18.1 Å². The van der Waals surface area contributed by atoms with Gasteiger partial charge in [-0.1, -0.05) is 54.6 Å². The largest absolute Gasteiger partial charge is 0.489 e. The zero-order valence-corrected chi connectivity index (χ0v) is 17.6. The first-order valence-electron chi connectivity index (χ1n) is 10.3. The molecule has 4 aromatic rings. The number of hydrogen-bond acceptors (Lipinski definition) is 5. The van der Waals surface area contributed by atoms with E-state index in [4.69, 9.17) is 9.47 Å². The summed E-state index contributed by atoms with van der Waals surface area (Å²) in [4.78, 5) is 16.7. The zero-order chi connectivity index (χ0) is 22.2. The fourth-order valence-electron chi connectivity index (χ4n) is 3.10. The van der Waals surface area contributed by atoms with E-state index >= 15 is 0 Å². The second-order valence-electron chi connectivity index (χ2n) is 7.16. The molecular weight excluding hydrogens is 402 g/mol. The number of pyridine rings is 1. The summed E-state index contributed by atoms with van der Waals surface area (Å²) in [6.07, 6.45) is 2.60. The minimum Gasteiger partial charge on any atom is -0.489 e. The zero-order valence-electron chi connectivity index (χ0n) is 17.6. The highest BCUT2D eigenvalue weighted by Gasteiger charge is 2.14. The van der Waals surface area contributed by atoms with Crippen LogP contribution < -0.4 is 14.9 Å².